The van der Waals surface area contributed by atoms with Crippen molar-refractivity contribution in [3.8, 4) is 0 Å². The summed E-state index contributed by atoms with van der Waals surface area (Å²) < 4.78 is 0. The molecule has 142 valence electrons. The van der Waals surface area contributed by atoms with Crippen molar-refractivity contribution in [2.45, 2.75) is 19.3 Å². The van der Waals surface area contributed by atoms with Gasteiger partial charge >= 0.3 is 0 Å². The van der Waals surface area contributed by atoms with E-state index in [0.717, 1.165) is 6.42 Å². The van der Waals surface area contributed by atoms with Crippen molar-refractivity contribution < 1.29 is 14.4 Å². The summed E-state index contributed by atoms with van der Waals surface area (Å²) >= 11 is 13.0. The van der Waals surface area contributed by atoms with Gasteiger partial charge in [0.05, 0.1) is 22.2 Å². The molecule has 0 spiro atoms. The Balaban J connectivity index is 1.55. The summed E-state index contributed by atoms with van der Waals surface area (Å²) in [5.74, 6) is -1.63. The topological polar surface area (TPSA) is 100 Å². The molecule has 1 aromatic carbocycles. The van der Waals surface area contributed by atoms with Gasteiger partial charge in [0.2, 0.25) is 17.7 Å². The molecule has 1 unspecified atom stereocenters. The van der Waals surface area contributed by atoms with Crippen LogP contribution >= 0.6 is 34.5 Å². The maximum atomic E-state index is 12.2. The van der Waals surface area contributed by atoms with Crippen molar-refractivity contribution in [3.05, 3.63) is 39.3 Å². The minimum atomic E-state index is -0.705. The van der Waals surface area contributed by atoms with E-state index in [1.165, 1.54) is 11.3 Å². The molecule has 3 rings (SSSR count). The van der Waals surface area contributed by atoms with E-state index in [-0.39, 0.29) is 24.1 Å². The van der Waals surface area contributed by atoms with E-state index in [0.29, 0.717) is 39.5 Å². The standard InChI is InChI=1S/C17H16Cl2N4O3S/c18-12-4-3-9(6-13(12)19)21-14(24)7-10-8-27-17(22-10)23-16(26)11-2-1-5-20-15(11)25/h3-4,6,8,11H,1-2,5,7H2,(H,20,25)(H,21,24)(H,22,23,26). The van der Waals surface area contributed by atoms with Gasteiger partial charge in [0.1, 0.15) is 5.92 Å². The van der Waals surface area contributed by atoms with Gasteiger partial charge in [0.15, 0.2) is 5.13 Å². The van der Waals surface area contributed by atoms with E-state index in [4.69, 9.17) is 23.2 Å². The van der Waals surface area contributed by atoms with Crippen molar-refractivity contribution >= 4 is 63.1 Å². The van der Waals surface area contributed by atoms with Crippen molar-refractivity contribution in [2.75, 3.05) is 17.2 Å². The number of hydrogen-bond donors (Lipinski definition) is 3. The second-order valence-corrected chi connectivity index (χ2v) is 7.65. The minimum absolute atomic E-state index is 0.0382. The molecule has 27 heavy (non-hydrogen) atoms. The summed E-state index contributed by atoms with van der Waals surface area (Å²) in [4.78, 5) is 40.3. The highest BCUT2D eigenvalue weighted by molar-refractivity contribution is 7.14. The Kier molecular flexibility index (Phi) is 6.30. The first kappa shape index (κ1) is 19.6. The van der Waals surface area contributed by atoms with Gasteiger partial charge < -0.3 is 16.0 Å². The normalized spacial score (nSPS) is 16.5. The first-order valence-electron chi connectivity index (χ1n) is 8.20. The smallest absolute Gasteiger partial charge is 0.238 e. The highest BCUT2D eigenvalue weighted by atomic mass is 35.5. The monoisotopic (exact) mass is 426 g/mol. The van der Waals surface area contributed by atoms with Gasteiger partial charge in [-0.3, -0.25) is 14.4 Å². The third-order valence-corrected chi connectivity index (χ3v) is 5.47. The molecule has 1 fully saturated rings. The molecule has 2 aromatic rings. The third kappa shape index (κ3) is 5.18. The van der Waals surface area contributed by atoms with Gasteiger partial charge in [-0.15, -0.1) is 11.3 Å². The van der Waals surface area contributed by atoms with Gasteiger partial charge in [-0.25, -0.2) is 4.98 Å². The zero-order chi connectivity index (χ0) is 19.4. The molecule has 0 aliphatic carbocycles. The fraction of sp³-hybridized carbons (Fsp3) is 0.294. The fourth-order valence-corrected chi connectivity index (χ4v) is 3.62. The van der Waals surface area contributed by atoms with Crippen molar-refractivity contribution in [1.29, 1.82) is 0 Å². The maximum absolute atomic E-state index is 12.2. The molecule has 2 heterocycles. The molecule has 3 N–H and O–H groups in total. The average molecular weight is 427 g/mol. The molecule has 0 bridgehead atoms. The van der Waals surface area contributed by atoms with Crippen LogP contribution in [0.5, 0.6) is 0 Å². The van der Waals surface area contributed by atoms with Crippen LogP contribution in [0.3, 0.4) is 0 Å². The van der Waals surface area contributed by atoms with E-state index < -0.39 is 5.92 Å². The largest absolute Gasteiger partial charge is 0.355 e. The van der Waals surface area contributed by atoms with Crippen molar-refractivity contribution in [2.24, 2.45) is 5.92 Å². The number of benzene rings is 1. The molecule has 1 atom stereocenters. The first-order chi connectivity index (χ1) is 12.9. The number of nitrogens with one attached hydrogen (secondary N) is 3. The number of carbonyl (C=O) groups excluding carboxylic acids is 3. The lowest BCUT2D eigenvalue weighted by Gasteiger charge is -2.20. The van der Waals surface area contributed by atoms with E-state index in [9.17, 15) is 14.4 Å². The van der Waals surface area contributed by atoms with Crippen LogP contribution in [0, 0.1) is 5.92 Å². The fourth-order valence-electron chi connectivity index (χ4n) is 2.60. The number of hydrogen-bond acceptors (Lipinski definition) is 5. The molecular formula is C17H16Cl2N4O3S. The van der Waals surface area contributed by atoms with Gasteiger partial charge in [0.25, 0.3) is 0 Å². The average Bonchev–Trinajstić information content (AvgIpc) is 3.05. The van der Waals surface area contributed by atoms with Crippen LogP contribution in [-0.2, 0) is 20.8 Å². The molecule has 3 amide bonds. The molecular weight excluding hydrogens is 411 g/mol. The zero-order valence-electron chi connectivity index (χ0n) is 14.1. The predicted molar refractivity (Wildman–Crippen MR) is 105 cm³/mol. The number of halogens is 2. The molecule has 0 radical (unpaired) electrons. The number of carbonyl (C=O) groups is 3. The number of thiazole rings is 1. The Bertz CT molecular complexity index is 887. The number of nitrogens with zero attached hydrogens (tertiary/aromatic N) is 1. The summed E-state index contributed by atoms with van der Waals surface area (Å²) in [5, 5.41) is 10.8. The predicted octanol–water partition coefficient (Wildman–Crippen LogP) is 3.10. The quantitative estimate of drug-likeness (QED) is 0.639. The second-order valence-electron chi connectivity index (χ2n) is 5.97. The number of amides is 3. The molecule has 1 saturated heterocycles. The highest BCUT2D eigenvalue weighted by Gasteiger charge is 2.29. The van der Waals surface area contributed by atoms with E-state index in [2.05, 4.69) is 20.9 Å². The Morgan fingerprint density at radius 1 is 1.26 bits per heavy atom. The van der Waals surface area contributed by atoms with Crippen LogP contribution in [0.4, 0.5) is 10.8 Å². The Labute approximate surface area is 169 Å². The van der Waals surface area contributed by atoms with Crippen LogP contribution in [0.1, 0.15) is 18.5 Å². The van der Waals surface area contributed by atoms with Crippen molar-refractivity contribution in [3.63, 3.8) is 0 Å². The lowest BCUT2D eigenvalue weighted by molar-refractivity contribution is -0.134. The van der Waals surface area contributed by atoms with Crippen molar-refractivity contribution in [1.82, 2.24) is 10.3 Å². The summed E-state index contributed by atoms with van der Waals surface area (Å²) in [5.41, 5.74) is 1.04. The van der Waals surface area contributed by atoms with E-state index in [1.807, 2.05) is 0 Å². The summed E-state index contributed by atoms with van der Waals surface area (Å²) in [6.07, 6.45) is 1.32. The molecule has 1 aromatic heterocycles. The number of anilines is 2. The number of piperidine rings is 1. The van der Waals surface area contributed by atoms with Gasteiger partial charge in [-0.05, 0) is 31.0 Å². The number of rotatable bonds is 5. The third-order valence-electron chi connectivity index (χ3n) is 3.93. The lowest BCUT2D eigenvalue weighted by Crippen LogP contribution is -2.42. The van der Waals surface area contributed by atoms with E-state index in [1.54, 1.807) is 23.6 Å². The SMILES string of the molecule is O=C(Cc1csc(NC(=O)C2CCCNC2=O)n1)Nc1ccc(Cl)c(Cl)c1. The first-order valence-corrected chi connectivity index (χ1v) is 9.84. The van der Waals surface area contributed by atoms with Crippen LogP contribution in [0.2, 0.25) is 10.0 Å². The zero-order valence-corrected chi connectivity index (χ0v) is 16.4. The minimum Gasteiger partial charge on any atom is -0.355 e. The molecule has 7 nitrogen and oxygen atoms in total. The van der Waals surface area contributed by atoms with Crippen LogP contribution in [0.25, 0.3) is 0 Å². The molecule has 10 heteroatoms. The second kappa shape index (κ2) is 8.69. The summed E-state index contributed by atoms with van der Waals surface area (Å²) in [7, 11) is 0. The van der Waals surface area contributed by atoms with Crippen LogP contribution < -0.4 is 16.0 Å². The Morgan fingerprint density at radius 2 is 2.07 bits per heavy atom. The highest BCUT2D eigenvalue weighted by Crippen LogP contribution is 2.25. The Hall–Kier alpha value is -2.16. The molecule has 0 saturated carbocycles. The maximum Gasteiger partial charge on any atom is 0.238 e. The summed E-state index contributed by atoms with van der Waals surface area (Å²) in [6.45, 7) is 0.595. The molecule has 1 aliphatic rings. The van der Waals surface area contributed by atoms with Crippen LogP contribution in [0.15, 0.2) is 23.6 Å². The van der Waals surface area contributed by atoms with E-state index >= 15 is 0 Å². The summed E-state index contributed by atoms with van der Waals surface area (Å²) in [6, 6.07) is 4.80. The lowest BCUT2D eigenvalue weighted by atomic mass is 9.98. The molecule has 1 aliphatic heterocycles. The Morgan fingerprint density at radius 3 is 2.81 bits per heavy atom. The number of aromatic nitrogens is 1. The van der Waals surface area contributed by atoms with Gasteiger partial charge in [-0.1, -0.05) is 23.2 Å². The van der Waals surface area contributed by atoms with Gasteiger partial charge in [-0.2, -0.15) is 0 Å². The van der Waals surface area contributed by atoms with Crippen LogP contribution in [-0.4, -0.2) is 29.3 Å². The van der Waals surface area contributed by atoms with Gasteiger partial charge in [0, 0.05) is 17.6 Å².